The maximum Gasteiger partial charge on any atom is 0.0838 e. The Bertz CT molecular complexity index is 171. The summed E-state index contributed by atoms with van der Waals surface area (Å²) in [5, 5.41) is 0. The van der Waals surface area contributed by atoms with Crippen LogP contribution in [0.25, 0.3) is 0 Å². The maximum atomic E-state index is 5.51. The molecule has 0 aromatic rings. The highest BCUT2D eigenvalue weighted by molar-refractivity contribution is 6.84. The summed E-state index contributed by atoms with van der Waals surface area (Å²) in [5.41, 5.74) is 2.20. The van der Waals surface area contributed by atoms with Crippen molar-refractivity contribution >= 4 is 8.07 Å². The van der Waals surface area contributed by atoms with Gasteiger partial charge in [-0.25, -0.2) is 0 Å². The van der Waals surface area contributed by atoms with Crippen molar-refractivity contribution in [1.29, 1.82) is 0 Å². The van der Waals surface area contributed by atoms with Crippen LogP contribution in [0.3, 0.4) is 0 Å². The summed E-state index contributed by atoms with van der Waals surface area (Å²) in [6, 6.07) is 3.39. The highest BCUT2D eigenvalue weighted by Gasteiger charge is 2.28. The van der Waals surface area contributed by atoms with Crippen molar-refractivity contribution in [3.63, 3.8) is 0 Å². The summed E-state index contributed by atoms with van der Waals surface area (Å²) in [7, 11) is -1.49. The van der Waals surface area contributed by atoms with Gasteiger partial charge in [0.15, 0.2) is 0 Å². The standard InChI is InChI=1S/C14H30O3Si/c1-5-15-9-12-18(8-4,13-10-16-6-2)14-11-17-7-3/h8H,4-7,9-14H2,1-3H3. The highest BCUT2D eigenvalue weighted by Crippen LogP contribution is 2.23. The van der Waals surface area contributed by atoms with Gasteiger partial charge in [0.05, 0.1) is 8.07 Å². The largest absolute Gasteiger partial charge is 0.382 e. The van der Waals surface area contributed by atoms with Crippen molar-refractivity contribution in [2.24, 2.45) is 0 Å². The Hall–Kier alpha value is -0.163. The van der Waals surface area contributed by atoms with Crippen molar-refractivity contribution in [1.82, 2.24) is 0 Å². The van der Waals surface area contributed by atoms with Gasteiger partial charge in [-0.05, 0) is 38.9 Å². The van der Waals surface area contributed by atoms with E-state index in [9.17, 15) is 0 Å². The molecule has 0 aliphatic carbocycles. The minimum Gasteiger partial charge on any atom is -0.382 e. The van der Waals surface area contributed by atoms with Crippen LogP contribution >= 0.6 is 0 Å². The first-order chi connectivity index (χ1) is 8.74. The van der Waals surface area contributed by atoms with Crippen LogP contribution in [0.5, 0.6) is 0 Å². The Morgan fingerprint density at radius 3 is 1.33 bits per heavy atom. The topological polar surface area (TPSA) is 27.7 Å². The highest BCUT2D eigenvalue weighted by atomic mass is 28.3. The van der Waals surface area contributed by atoms with Crippen LogP contribution in [0.2, 0.25) is 18.1 Å². The predicted octanol–water partition coefficient (Wildman–Crippen LogP) is 3.27. The van der Waals surface area contributed by atoms with Crippen LogP contribution in [0, 0.1) is 0 Å². The van der Waals surface area contributed by atoms with E-state index in [1.807, 2.05) is 20.8 Å². The smallest absolute Gasteiger partial charge is 0.0838 e. The number of rotatable bonds is 13. The Labute approximate surface area is 114 Å². The molecule has 0 heterocycles. The second kappa shape index (κ2) is 11.9. The molecule has 0 unspecified atom stereocenters. The molecule has 0 rings (SSSR count). The Morgan fingerprint density at radius 1 is 0.778 bits per heavy atom. The van der Waals surface area contributed by atoms with Gasteiger partial charge in [-0.1, -0.05) is 0 Å². The third kappa shape index (κ3) is 8.03. The molecule has 0 radical (unpaired) electrons. The predicted molar refractivity (Wildman–Crippen MR) is 79.9 cm³/mol. The minimum absolute atomic E-state index is 0.790. The fourth-order valence-corrected chi connectivity index (χ4v) is 4.96. The lowest BCUT2D eigenvalue weighted by atomic mass is 10.8. The molecule has 0 amide bonds. The van der Waals surface area contributed by atoms with E-state index in [4.69, 9.17) is 14.2 Å². The SMILES string of the molecule is C=C[Si](CCOCC)(CCOCC)CCOCC. The summed E-state index contributed by atoms with van der Waals surface area (Å²) in [5.74, 6) is 0. The fraction of sp³-hybridized carbons (Fsp3) is 0.857. The van der Waals surface area contributed by atoms with Crippen LogP contribution in [0.4, 0.5) is 0 Å². The van der Waals surface area contributed by atoms with Crippen LogP contribution < -0.4 is 0 Å². The molecule has 0 bridgehead atoms. The summed E-state index contributed by atoms with van der Waals surface area (Å²) >= 11 is 0. The molecule has 0 atom stereocenters. The molecule has 3 nitrogen and oxygen atoms in total. The molecule has 18 heavy (non-hydrogen) atoms. The zero-order chi connectivity index (χ0) is 13.7. The molecule has 0 aliphatic heterocycles. The number of hydrogen-bond donors (Lipinski definition) is 0. The minimum atomic E-state index is -1.49. The normalized spacial score (nSPS) is 11.7. The van der Waals surface area contributed by atoms with E-state index < -0.39 is 8.07 Å². The molecule has 0 saturated heterocycles. The Morgan fingerprint density at radius 2 is 1.11 bits per heavy atom. The molecule has 0 fully saturated rings. The molecule has 0 aliphatic rings. The molecule has 0 saturated carbocycles. The van der Waals surface area contributed by atoms with Gasteiger partial charge in [0.25, 0.3) is 0 Å². The third-order valence-electron chi connectivity index (χ3n) is 3.28. The lowest BCUT2D eigenvalue weighted by molar-refractivity contribution is 0.150. The van der Waals surface area contributed by atoms with Gasteiger partial charge in [-0.2, -0.15) is 0 Å². The van der Waals surface area contributed by atoms with Crippen molar-refractivity contribution in [3.05, 3.63) is 12.3 Å². The molecule has 0 aromatic heterocycles. The molecule has 4 heteroatoms. The average molecular weight is 274 g/mol. The van der Waals surface area contributed by atoms with Gasteiger partial charge in [-0.15, -0.1) is 12.3 Å². The molecular weight excluding hydrogens is 244 g/mol. The quantitative estimate of drug-likeness (QED) is 0.381. The van der Waals surface area contributed by atoms with E-state index in [0.717, 1.165) is 57.8 Å². The van der Waals surface area contributed by atoms with E-state index >= 15 is 0 Å². The Kier molecular flexibility index (Phi) is 11.8. The molecule has 0 aromatic carbocycles. The van der Waals surface area contributed by atoms with E-state index in [1.54, 1.807) is 0 Å². The molecule has 0 spiro atoms. The summed E-state index contributed by atoms with van der Waals surface area (Å²) < 4.78 is 16.5. The fourth-order valence-electron chi connectivity index (χ4n) is 1.94. The van der Waals surface area contributed by atoms with Crippen molar-refractivity contribution in [3.8, 4) is 0 Å². The van der Waals surface area contributed by atoms with Crippen molar-refractivity contribution in [2.75, 3.05) is 39.6 Å². The van der Waals surface area contributed by atoms with Crippen LogP contribution in [-0.2, 0) is 14.2 Å². The van der Waals surface area contributed by atoms with Gasteiger partial charge in [0, 0.05) is 39.6 Å². The van der Waals surface area contributed by atoms with Crippen LogP contribution in [0.1, 0.15) is 20.8 Å². The second-order valence-corrected chi connectivity index (χ2v) is 9.04. The third-order valence-corrected chi connectivity index (χ3v) is 7.74. The average Bonchev–Trinajstić information content (AvgIpc) is 2.39. The van der Waals surface area contributed by atoms with Gasteiger partial charge in [0.2, 0.25) is 0 Å². The molecule has 108 valence electrons. The van der Waals surface area contributed by atoms with Crippen LogP contribution in [0.15, 0.2) is 12.3 Å². The van der Waals surface area contributed by atoms with E-state index in [-0.39, 0.29) is 0 Å². The monoisotopic (exact) mass is 274 g/mol. The van der Waals surface area contributed by atoms with Gasteiger partial charge >= 0.3 is 0 Å². The second-order valence-electron chi connectivity index (χ2n) is 4.41. The van der Waals surface area contributed by atoms with Crippen LogP contribution in [-0.4, -0.2) is 47.7 Å². The number of ether oxygens (including phenoxy) is 3. The molecule has 0 N–H and O–H groups in total. The van der Waals surface area contributed by atoms with Gasteiger partial charge in [0.1, 0.15) is 0 Å². The zero-order valence-electron chi connectivity index (χ0n) is 12.4. The van der Waals surface area contributed by atoms with Gasteiger partial charge in [-0.3, -0.25) is 0 Å². The van der Waals surface area contributed by atoms with Crippen molar-refractivity contribution < 1.29 is 14.2 Å². The maximum absolute atomic E-state index is 5.51. The first kappa shape index (κ1) is 17.8. The first-order valence-electron chi connectivity index (χ1n) is 7.11. The van der Waals surface area contributed by atoms with E-state index in [1.165, 1.54) is 0 Å². The lowest BCUT2D eigenvalue weighted by Crippen LogP contribution is -2.36. The number of hydrogen-bond acceptors (Lipinski definition) is 3. The van der Waals surface area contributed by atoms with E-state index in [2.05, 4.69) is 12.3 Å². The summed E-state index contributed by atoms with van der Waals surface area (Å²) in [4.78, 5) is 0. The molecular formula is C14H30O3Si. The summed E-state index contributed by atoms with van der Waals surface area (Å²) in [6.07, 6.45) is 0. The van der Waals surface area contributed by atoms with E-state index in [0.29, 0.717) is 0 Å². The zero-order valence-corrected chi connectivity index (χ0v) is 13.4. The summed E-state index contributed by atoms with van der Waals surface area (Å²) in [6.45, 7) is 15.1. The van der Waals surface area contributed by atoms with Crippen molar-refractivity contribution in [2.45, 2.75) is 38.9 Å². The lowest BCUT2D eigenvalue weighted by Gasteiger charge is -2.28. The van der Waals surface area contributed by atoms with Gasteiger partial charge < -0.3 is 14.2 Å². The Balaban J connectivity index is 4.25. The first-order valence-corrected chi connectivity index (χ1v) is 9.81.